The Hall–Kier alpha value is -1.98. The Bertz CT molecular complexity index is 1160. The number of amides is 2. The molecule has 2 aromatic rings. The largest absolute Gasteiger partial charge is 0.365 e. The summed E-state index contributed by atoms with van der Waals surface area (Å²) >= 11 is 7.30. The maximum Gasteiger partial charge on any atom is 0.251 e. The molecule has 2 amide bonds. The van der Waals surface area contributed by atoms with Gasteiger partial charge >= 0.3 is 0 Å². The molecule has 2 heterocycles. The third-order valence-corrected chi connectivity index (χ3v) is 9.50. The van der Waals surface area contributed by atoms with E-state index in [0.29, 0.717) is 34.6 Å². The zero-order valence-electron chi connectivity index (χ0n) is 18.3. The van der Waals surface area contributed by atoms with Gasteiger partial charge in [-0.25, -0.2) is 8.42 Å². The number of nitrogens with two attached hydrogens (primary N) is 1. The zero-order chi connectivity index (χ0) is 23.8. The summed E-state index contributed by atoms with van der Waals surface area (Å²) in [7, 11) is -3.60. The normalized spacial score (nSPS) is 19.8. The first-order chi connectivity index (χ1) is 15.6. The van der Waals surface area contributed by atoms with Crippen LogP contribution in [-0.4, -0.2) is 62.2 Å². The summed E-state index contributed by atoms with van der Waals surface area (Å²) in [5.41, 5.74) is 7.04. The second-order valence-electron chi connectivity index (χ2n) is 8.60. The summed E-state index contributed by atoms with van der Waals surface area (Å²) in [5.74, 6) is -0.211. The maximum atomic E-state index is 12.8. The average Bonchev–Trinajstić information content (AvgIpc) is 3.11. The summed E-state index contributed by atoms with van der Waals surface area (Å²) in [4.78, 5) is 28.0. The van der Waals surface area contributed by atoms with Crippen LogP contribution in [0, 0.1) is 5.92 Å². The lowest BCUT2D eigenvalue weighted by Gasteiger charge is -2.33. The van der Waals surface area contributed by atoms with E-state index in [2.05, 4.69) is 12.2 Å². The first-order valence-corrected chi connectivity index (χ1v) is 13.5. The zero-order valence-corrected chi connectivity index (χ0v) is 20.7. The van der Waals surface area contributed by atoms with E-state index in [0.717, 1.165) is 29.7 Å². The van der Waals surface area contributed by atoms with Crippen molar-refractivity contribution in [3.63, 3.8) is 0 Å². The number of carbonyl (C=O) groups excluding carboxylic acids is 2. The Morgan fingerprint density at radius 2 is 1.85 bits per heavy atom. The van der Waals surface area contributed by atoms with Crippen LogP contribution in [0.25, 0.3) is 0 Å². The van der Waals surface area contributed by atoms with Gasteiger partial charge < -0.3 is 11.1 Å². The number of sulfonamides is 1. The molecule has 178 valence electrons. The molecule has 4 rings (SSSR count). The van der Waals surface area contributed by atoms with E-state index in [1.165, 1.54) is 27.8 Å². The van der Waals surface area contributed by atoms with Crippen molar-refractivity contribution < 1.29 is 18.0 Å². The van der Waals surface area contributed by atoms with E-state index in [1.807, 2.05) is 4.90 Å². The molecular weight excluding hydrogens is 484 g/mol. The molecule has 0 bridgehead atoms. The number of nitrogens with one attached hydrogen (secondary N) is 1. The van der Waals surface area contributed by atoms with Gasteiger partial charge in [-0.05, 0) is 55.0 Å². The van der Waals surface area contributed by atoms with Crippen LogP contribution < -0.4 is 11.1 Å². The van der Waals surface area contributed by atoms with E-state index < -0.39 is 15.9 Å². The number of thiophene rings is 1. The molecule has 1 atom stereocenters. The third kappa shape index (κ3) is 5.25. The van der Waals surface area contributed by atoms with Gasteiger partial charge in [0.1, 0.15) is 5.00 Å². The van der Waals surface area contributed by atoms with E-state index in [9.17, 15) is 18.0 Å². The molecule has 1 aromatic heterocycles. The van der Waals surface area contributed by atoms with Crippen molar-refractivity contribution in [1.29, 1.82) is 0 Å². The van der Waals surface area contributed by atoms with Crippen LogP contribution in [0.3, 0.4) is 0 Å². The highest BCUT2D eigenvalue weighted by molar-refractivity contribution is 7.89. The molecule has 3 N–H and O–H groups in total. The van der Waals surface area contributed by atoms with Crippen LogP contribution in [0.5, 0.6) is 0 Å². The molecule has 33 heavy (non-hydrogen) atoms. The highest BCUT2D eigenvalue weighted by Crippen LogP contribution is 2.39. The molecule has 1 saturated heterocycles. The van der Waals surface area contributed by atoms with Gasteiger partial charge in [0.05, 0.1) is 17.0 Å². The van der Waals surface area contributed by atoms with Gasteiger partial charge in [0.2, 0.25) is 15.9 Å². The van der Waals surface area contributed by atoms with Crippen molar-refractivity contribution in [3.05, 3.63) is 45.3 Å². The molecule has 11 heteroatoms. The fraction of sp³-hybridized carbons (Fsp3) is 0.455. The predicted molar refractivity (Wildman–Crippen MR) is 129 cm³/mol. The minimum atomic E-state index is -3.60. The Morgan fingerprint density at radius 3 is 2.48 bits per heavy atom. The SMILES string of the molecule is C[C@@H]1CCc2c(sc(NC(=O)CN3CCN(S(=O)(=O)c4ccc(Cl)cc4)CC3)c2C(N)=O)C1. The fourth-order valence-corrected chi connectivity index (χ4v) is 7.33. The van der Waals surface area contributed by atoms with Crippen LogP contribution in [0.15, 0.2) is 29.2 Å². The standard InChI is InChI=1S/C22H27ClN4O4S2/c1-14-2-7-17-18(12-14)32-22(20(17)21(24)29)25-19(28)13-26-8-10-27(11-9-26)33(30,31)16-5-3-15(23)4-6-16/h3-6,14H,2,7-13H2,1H3,(H2,24,29)(H,25,28)/t14-/m1/s1. The van der Waals surface area contributed by atoms with Gasteiger partial charge in [-0.1, -0.05) is 18.5 Å². The molecule has 0 spiro atoms. The van der Waals surface area contributed by atoms with Crippen LogP contribution in [0.1, 0.15) is 34.1 Å². The minimum Gasteiger partial charge on any atom is -0.365 e. The minimum absolute atomic E-state index is 0.117. The van der Waals surface area contributed by atoms with Gasteiger partial charge in [0.25, 0.3) is 5.91 Å². The summed E-state index contributed by atoms with van der Waals surface area (Å²) in [5, 5.41) is 3.88. The van der Waals surface area contributed by atoms with Gasteiger partial charge in [0.15, 0.2) is 0 Å². The second kappa shape index (κ2) is 9.71. The van der Waals surface area contributed by atoms with Crippen molar-refractivity contribution in [2.75, 3.05) is 38.0 Å². The highest BCUT2D eigenvalue weighted by atomic mass is 35.5. The number of rotatable bonds is 6. The van der Waals surface area contributed by atoms with Crippen molar-refractivity contribution >= 4 is 49.8 Å². The van der Waals surface area contributed by atoms with E-state index in [1.54, 1.807) is 12.1 Å². The molecule has 0 saturated carbocycles. The van der Waals surface area contributed by atoms with Crippen LogP contribution in [0.2, 0.25) is 5.02 Å². The molecule has 2 aliphatic rings. The quantitative estimate of drug-likeness (QED) is 0.620. The van der Waals surface area contributed by atoms with Gasteiger partial charge in [-0.3, -0.25) is 14.5 Å². The van der Waals surface area contributed by atoms with Crippen molar-refractivity contribution in [1.82, 2.24) is 9.21 Å². The number of carbonyl (C=O) groups is 2. The molecular formula is C22H27ClN4O4S2. The number of benzene rings is 1. The van der Waals surface area contributed by atoms with Crippen LogP contribution >= 0.6 is 22.9 Å². The second-order valence-corrected chi connectivity index (χ2v) is 12.1. The number of halogens is 1. The van der Waals surface area contributed by atoms with Gasteiger partial charge in [0, 0.05) is 36.1 Å². The number of hydrogen-bond donors (Lipinski definition) is 2. The van der Waals surface area contributed by atoms with E-state index in [4.69, 9.17) is 17.3 Å². The van der Waals surface area contributed by atoms with E-state index >= 15 is 0 Å². The number of nitrogens with zero attached hydrogens (tertiary/aromatic N) is 2. The van der Waals surface area contributed by atoms with Crippen LogP contribution in [-0.2, 0) is 27.7 Å². The van der Waals surface area contributed by atoms with Crippen molar-refractivity contribution in [2.45, 2.75) is 31.1 Å². The highest BCUT2D eigenvalue weighted by Gasteiger charge is 2.30. The summed E-state index contributed by atoms with van der Waals surface area (Å²) in [6, 6.07) is 6.10. The number of fused-ring (bicyclic) bond motifs is 1. The Kier molecular flexibility index (Phi) is 7.11. The number of piperazine rings is 1. The Balaban J connectivity index is 1.36. The molecule has 1 aromatic carbocycles. The Labute approximate surface area is 202 Å². The Morgan fingerprint density at radius 1 is 1.18 bits per heavy atom. The average molecular weight is 511 g/mol. The van der Waals surface area contributed by atoms with Gasteiger partial charge in [-0.2, -0.15) is 4.31 Å². The topological polar surface area (TPSA) is 113 Å². The smallest absolute Gasteiger partial charge is 0.251 e. The number of primary amides is 1. The molecule has 0 unspecified atom stereocenters. The maximum absolute atomic E-state index is 12.8. The summed E-state index contributed by atoms with van der Waals surface area (Å²) in [6.45, 7) is 3.73. The first kappa shape index (κ1) is 24.2. The molecule has 0 radical (unpaired) electrons. The predicted octanol–water partition coefficient (Wildman–Crippen LogP) is 2.57. The van der Waals surface area contributed by atoms with E-state index in [-0.39, 0.29) is 30.4 Å². The summed E-state index contributed by atoms with van der Waals surface area (Å²) in [6.07, 6.45) is 2.69. The molecule has 1 fully saturated rings. The van der Waals surface area contributed by atoms with Crippen molar-refractivity contribution in [3.8, 4) is 0 Å². The molecule has 1 aliphatic carbocycles. The summed E-state index contributed by atoms with van der Waals surface area (Å²) < 4.78 is 27.1. The lowest BCUT2D eigenvalue weighted by atomic mass is 9.88. The third-order valence-electron chi connectivity index (χ3n) is 6.16. The van der Waals surface area contributed by atoms with Crippen molar-refractivity contribution in [2.24, 2.45) is 11.7 Å². The van der Waals surface area contributed by atoms with Crippen LogP contribution in [0.4, 0.5) is 5.00 Å². The lowest BCUT2D eigenvalue weighted by molar-refractivity contribution is -0.117. The number of hydrogen-bond acceptors (Lipinski definition) is 6. The fourth-order valence-electron chi connectivity index (χ4n) is 4.35. The molecule has 1 aliphatic heterocycles. The lowest BCUT2D eigenvalue weighted by Crippen LogP contribution is -2.50. The molecule has 8 nitrogen and oxygen atoms in total. The first-order valence-electron chi connectivity index (χ1n) is 10.9. The van der Waals surface area contributed by atoms with Gasteiger partial charge in [-0.15, -0.1) is 11.3 Å². The monoisotopic (exact) mass is 510 g/mol. The number of anilines is 1.